The lowest BCUT2D eigenvalue weighted by molar-refractivity contribution is 0.377. The monoisotopic (exact) mass is 230 g/mol. The van der Waals surface area contributed by atoms with E-state index < -0.39 is 0 Å². The molecule has 1 aromatic heterocycles. The first kappa shape index (κ1) is 11.4. The van der Waals surface area contributed by atoms with E-state index in [9.17, 15) is 4.79 Å². The van der Waals surface area contributed by atoms with Crippen LogP contribution in [-0.2, 0) is 6.42 Å². The van der Waals surface area contributed by atoms with E-state index in [1.165, 1.54) is 18.7 Å². The maximum Gasteiger partial charge on any atom is 0.296 e. The molecule has 2 aromatic rings. The fourth-order valence-corrected chi connectivity index (χ4v) is 1.70. The molecule has 0 bridgehead atoms. The van der Waals surface area contributed by atoms with Crippen LogP contribution in [0.25, 0.3) is 0 Å². The van der Waals surface area contributed by atoms with Gasteiger partial charge in [0.15, 0.2) is 0 Å². The minimum Gasteiger partial charge on any atom is -0.468 e. The van der Waals surface area contributed by atoms with Crippen LogP contribution in [0, 0.1) is 6.92 Å². The Kier molecular flexibility index (Phi) is 3.23. The van der Waals surface area contributed by atoms with E-state index in [2.05, 4.69) is 16.0 Å². The number of hydrogen-bond donors (Lipinski definition) is 1. The molecular weight excluding hydrogens is 216 g/mol. The third kappa shape index (κ3) is 2.93. The molecule has 0 aliphatic carbocycles. The van der Waals surface area contributed by atoms with Crippen molar-refractivity contribution >= 4 is 0 Å². The molecule has 1 aromatic carbocycles. The van der Waals surface area contributed by atoms with Crippen LogP contribution in [0.3, 0.4) is 0 Å². The molecule has 0 aliphatic rings. The highest BCUT2D eigenvalue weighted by Gasteiger charge is 2.02. The number of methoxy groups -OCH3 is 1. The van der Waals surface area contributed by atoms with Gasteiger partial charge in [0, 0.05) is 12.5 Å². The smallest absolute Gasteiger partial charge is 0.296 e. The van der Waals surface area contributed by atoms with Gasteiger partial charge in [-0.15, -0.1) is 0 Å². The minimum atomic E-state index is -0.195. The van der Waals surface area contributed by atoms with Crippen molar-refractivity contribution in [2.45, 2.75) is 13.3 Å². The highest BCUT2D eigenvalue weighted by atomic mass is 16.5. The van der Waals surface area contributed by atoms with Crippen molar-refractivity contribution in [3.8, 4) is 6.01 Å². The number of H-pyrrole nitrogens is 1. The molecule has 0 atom stereocenters. The number of rotatable bonds is 3. The molecule has 17 heavy (non-hydrogen) atoms. The van der Waals surface area contributed by atoms with Gasteiger partial charge >= 0.3 is 0 Å². The maximum atomic E-state index is 11.4. The second kappa shape index (κ2) is 4.82. The number of benzene rings is 1. The van der Waals surface area contributed by atoms with Crippen molar-refractivity contribution in [2.75, 3.05) is 7.11 Å². The van der Waals surface area contributed by atoms with Crippen molar-refractivity contribution in [3.63, 3.8) is 0 Å². The van der Waals surface area contributed by atoms with Crippen molar-refractivity contribution in [2.24, 2.45) is 0 Å². The van der Waals surface area contributed by atoms with Gasteiger partial charge in [0.05, 0.1) is 12.8 Å². The third-order valence-corrected chi connectivity index (χ3v) is 2.43. The summed E-state index contributed by atoms with van der Waals surface area (Å²) in [6, 6.07) is 9.87. The molecule has 4 nitrogen and oxygen atoms in total. The van der Waals surface area contributed by atoms with Gasteiger partial charge in [-0.05, 0) is 12.5 Å². The van der Waals surface area contributed by atoms with Crippen LogP contribution >= 0.6 is 0 Å². The van der Waals surface area contributed by atoms with E-state index in [-0.39, 0.29) is 11.6 Å². The molecule has 0 amide bonds. The highest BCUT2D eigenvalue weighted by molar-refractivity contribution is 5.26. The molecule has 0 saturated carbocycles. The molecule has 88 valence electrons. The van der Waals surface area contributed by atoms with Crippen LogP contribution in [0.5, 0.6) is 6.01 Å². The number of nitrogens with one attached hydrogen (secondary N) is 1. The Morgan fingerprint density at radius 3 is 2.88 bits per heavy atom. The minimum absolute atomic E-state index is 0.195. The number of ether oxygens (including phenoxy) is 1. The molecule has 0 radical (unpaired) electrons. The Morgan fingerprint density at radius 2 is 2.18 bits per heavy atom. The largest absolute Gasteiger partial charge is 0.468 e. The molecule has 0 unspecified atom stereocenters. The first-order valence-electron chi connectivity index (χ1n) is 5.37. The van der Waals surface area contributed by atoms with E-state index >= 15 is 0 Å². The fourth-order valence-electron chi connectivity index (χ4n) is 1.70. The van der Waals surface area contributed by atoms with Gasteiger partial charge < -0.3 is 4.74 Å². The molecule has 1 N–H and O–H groups in total. The van der Waals surface area contributed by atoms with Gasteiger partial charge in [0.1, 0.15) is 0 Å². The van der Waals surface area contributed by atoms with Gasteiger partial charge in [-0.2, -0.15) is 0 Å². The molecule has 0 fully saturated rings. The van der Waals surface area contributed by atoms with E-state index in [4.69, 9.17) is 4.74 Å². The lowest BCUT2D eigenvalue weighted by Crippen LogP contribution is -2.10. The molecule has 2 rings (SSSR count). The summed E-state index contributed by atoms with van der Waals surface area (Å²) in [5.74, 6) is 0. The van der Waals surface area contributed by atoms with Gasteiger partial charge in [-0.3, -0.25) is 9.78 Å². The molecule has 1 heterocycles. The Bertz CT molecular complexity index is 576. The van der Waals surface area contributed by atoms with Crippen LogP contribution in [-0.4, -0.2) is 17.1 Å². The Balaban J connectivity index is 2.29. The Labute approximate surface area is 99.3 Å². The van der Waals surface area contributed by atoms with Crippen LogP contribution in [0.4, 0.5) is 0 Å². The second-order valence-corrected chi connectivity index (χ2v) is 3.91. The maximum absolute atomic E-state index is 11.4. The number of aromatic amines is 1. The first-order chi connectivity index (χ1) is 8.17. The number of aromatic nitrogens is 2. The Hall–Kier alpha value is -2.10. The van der Waals surface area contributed by atoms with Crippen LogP contribution in [0.15, 0.2) is 35.1 Å². The predicted octanol–water partition coefficient (Wildman–Crippen LogP) is 1.68. The standard InChI is InChI=1S/C13H14N2O2/c1-9-4-3-5-10(6-9)7-11-8-12(16)15-13(14-11)17-2/h3-6,8H,7H2,1-2H3,(H,14,15,16). The summed E-state index contributed by atoms with van der Waals surface area (Å²) < 4.78 is 4.93. The topological polar surface area (TPSA) is 55.0 Å². The van der Waals surface area contributed by atoms with Crippen molar-refractivity contribution < 1.29 is 4.74 Å². The third-order valence-electron chi connectivity index (χ3n) is 2.43. The van der Waals surface area contributed by atoms with Crippen molar-refractivity contribution in [1.82, 2.24) is 9.97 Å². The number of aryl methyl sites for hydroxylation is 1. The van der Waals surface area contributed by atoms with E-state index in [1.54, 1.807) is 0 Å². The zero-order valence-electron chi connectivity index (χ0n) is 9.86. The molecular formula is C13H14N2O2. The quantitative estimate of drug-likeness (QED) is 0.872. The van der Waals surface area contributed by atoms with Gasteiger partial charge in [-0.25, -0.2) is 4.98 Å². The summed E-state index contributed by atoms with van der Waals surface area (Å²) in [5.41, 5.74) is 2.83. The molecule has 0 saturated heterocycles. The lowest BCUT2D eigenvalue weighted by atomic mass is 10.1. The average molecular weight is 230 g/mol. The lowest BCUT2D eigenvalue weighted by Gasteiger charge is -2.04. The summed E-state index contributed by atoms with van der Waals surface area (Å²) >= 11 is 0. The summed E-state index contributed by atoms with van der Waals surface area (Å²) in [7, 11) is 1.48. The first-order valence-corrected chi connectivity index (χ1v) is 5.37. The average Bonchev–Trinajstić information content (AvgIpc) is 2.28. The van der Waals surface area contributed by atoms with Crippen LogP contribution < -0.4 is 10.3 Å². The van der Waals surface area contributed by atoms with Crippen molar-refractivity contribution in [1.29, 1.82) is 0 Å². The summed E-state index contributed by atoms with van der Waals surface area (Å²) in [6.45, 7) is 2.04. The van der Waals surface area contributed by atoms with E-state index in [1.807, 2.05) is 25.1 Å². The molecule has 0 aliphatic heterocycles. The van der Waals surface area contributed by atoms with Crippen molar-refractivity contribution in [3.05, 3.63) is 57.5 Å². The Morgan fingerprint density at radius 1 is 1.35 bits per heavy atom. The van der Waals surface area contributed by atoms with E-state index in [0.29, 0.717) is 12.1 Å². The van der Waals surface area contributed by atoms with Gasteiger partial charge in [0.2, 0.25) is 0 Å². The second-order valence-electron chi connectivity index (χ2n) is 3.91. The molecule has 4 heteroatoms. The van der Waals surface area contributed by atoms with Crippen LogP contribution in [0.1, 0.15) is 16.8 Å². The predicted molar refractivity (Wildman–Crippen MR) is 65.4 cm³/mol. The summed E-state index contributed by atoms with van der Waals surface area (Å²) in [5, 5.41) is 0. The van der Waals surface area contributed by atoms with Crippen LogP contribution in [0.2, 0.25) is 0 Å². The fraction of sp³-hybridized carbons (Fsp3) is 0.231. The number of nitrogens with zero attached hydrogens (tertiary/aromatic N) is 1. The molecule has 0 spiro atoms. The summed E-state index contributed by atoms with van der Waals surface area (Å²) in [6.07, 6.45) is 0.627. The number of hydrogen-bond acceptors (Lipinski definition) is 3. The summed E-state index contributed by atoms with van der Waals surface area (Å²) in [4.78, 5) is 18.1. The van der Waals surface area contributed by atoms with Gasteiger partial charge in [0.25, 0.3) is 11.6 Å². The SMILES string of the molecule is COc1nc(Cc2cccc(C)c2)cc(=O)[nH]1. The normalized spacial score (nSPS) is 10.2. The van der Waals surface area contributed by atoms with Gasteiger partial charge in [-0.1, -0.05) is 29.8 Å². The zero-order chi connectivity index (χ0) is 12.3. The highest BCUT2D eigenvalue weighted by Crippen LogP contribution is 2.09. The zero-order valence-corrected chi connectivity index (χ0v) is 9.86. The van der Waals surface area contributed by atoms with E-state index in [0.717, 1.165) is 5.56 Å².